The van der Waals surface area contributed by atoms with E-state index in [0.29, 0.717) is 5.75 Å². The van der Waals surface area contributed by atoms with Gasteiger partial charge >= 0.3 is 6.16 Å². The van der Waals surface area contributed by atoms with Crippen LogP contribution in [0.3, 0.4) is 0 Å². The summed E-state index contributed by atoms with van der Waals surface area (Å²) in [5.74, 6) is 0.459. The zero-order valence-electron chi connectivity index (χ0n) is 10.1. The van der Waals surface area contributed by atoms with Gasteiger partial charge in [0, 0.05) is 3.57 Å². The highest BCUT2D eigenvalue weighted by molar-refractivity contribution is 14.1. The van der Waals surface area contributed by atoms with E-state index in [2.05, 4.69) is 29.2 Å². The fourth-order valence-electron chi connectivity index (χ4n) is 1.13. The molecule has 0 aliphatic heterocycles. The molecule has 3 nitrogen and oxygen atoms in total. The van der Waals surface area contributed by atoms with Crippen LogP contribution in [0.2, 0.25) is 0 Å². The van der Waals surface area contributed by atoms with E-state index in [-0.39, 0.29) is 0 Å². The van der Waals surface area contributed by atoms with Gasteiger partial charge in [0.2, 0.25) is 0 Å². The third kappa shape index (κ3) is 5.21. The van der Waals surface area contributed by atoms with Crippen molar-refractivity contribution in [3.63, 3.8) is 0 Å². The van der Waals surface area contributed by atoms with Crippen LogP contribution < -0.4 is 4.74 Å². The van der Waals surface area contributed by atoms with Crippen molar-refractivity contribution in [2.24, 2.45) is 0 Å². The standard InChI is InChI=1S/C13H15IO3/c1-5-9-6-10(14)8-11(7-9)16-12(15)17-13(2,3)4/h5-8H,1H2,2-4H3. The molecule has 0 N–H and O–H groups in total. The summed E-state index contributed by atoms with van der Waals surface area (Å²) in [5.41, 5.74) is 0.343. The van der Waals surface area contributed by atoms with Gasteiger partial charge in [0.15, 0.2) is 0 Å². The van der Waals surface area contributed by atoms with Crippen molar-refractivity contribution in [3.8, 4) is 5.75 Å². The van der Waals surface area contributed by atoms with E-state index in [4.69, 9.17) is 9.47 Å². The summed E-state index contributed by atoms with van der Waals surface area (Å²) in [7, 11) is 0. The Hall–Kier alpha value is -1.04. The lowest BCUT2D eigenvalue weighted by Crippen LogP contribution is -2.26. The van der Waals surface area contributed by atoms with Crippen LogP contribution in [0, 0.1) is 3.57 Å². The van der Waals surface area contributed by atoms with Crippen LogP contribution in [-0.2, 0) is 4.74 Å². The van der Waals surface area contributed by atoms with Crippen molar-refractivity contribution in [1.82, 2.24) is 0 Å². The fourth-order valence-corrected chi connectivity index (χ4v) is 1.79. The molecule has 0 aromatic heterocycles. The average Bonchev–Trinajstić information content (AvgIpc) is 2.13. The van der Waals surface area contributed by atoms with E-state index in [0.717, 1.165) is 9.13 Å². The predicted molar refractivity (Wildman–Crippen MR) is 76.1 cm³/mol. The van der Waals surface area contributed by atoms with Crippen molar-refractivity contribution in [2.45, 2.75) is 26.4 Å². The molecule has 0 atom stereocenters. The Bertz CT molecular complexity index is 433. The van der Waals surface area contributed by atoms with Crippen molar-refractivity contribution >= 4 is 34.8 Å². The van der Waals surface area contributed by atoms with Gasteiger partial charge in [0.1, 0.15) is 11.4 Å². The van der Waals surface area contributed by atoms with E-state index in [1.807, 2.05) is 6.07 Å². The summed E-state index contributed by atoms with van der Waals surface area (Å²) in [4.78, 5) is 11.5. The normalized spacial score (nSPS) is 10.8. The van der Waals surface area contributed by atoms with Crippen molar-refractivity contribution in [1.29, 1.82) is 0 Å². The average molecular weight is 346 g/mol. The first-order valence-electron chi connectivity index (χ1n) is 5.14. The molecular weight excluding hydrogens is 331 g/mol. The number of halogens is 1. The summed E-state index contributed by atoms with van der Waals surface area (Å²) < 4.78 is 11.1. The zero-order chi connectivity index (χ0) is 13.1. The van der Waals surface area contributed by atoms with E-state index < -0.39 is 11.8 Å². The first kappa shape index (κ1) is 14.0. The van der Waals surface area contributed by atoms with Crippen molar-refractivity contribution < 1.29 is 14.3 Å². The molecule has 0 unspecified atom stereocenters. The maximum Gasteiger partial charge on any atom is 0.514 e. The van der Waals surface area contributed by atoms with E-state index >= 15 is 0 Å². The SMILES string of the molecule is C=Cc1cc(I)cc(OC(=O)OC(C)(C)C)c1. The van der Waals surface area contributed by atoms with Gasteiger partial charge in [-0.1, -0.05) is 12.7 Å². The van der Waals surface area contributed by atoms with Crippen LogP contribution in [-0.4, -0.2) is 11.8 Å². The second kappa shape index (κ2) is 5.53. The highest BCUT2D eigenvalue weighted by Crippen LogP contribution is 2.20. The molecule has 0 radical (unpaired) electrons. The van der Waals surface area contributed by atoms with Gasteiger partial charge < -0.3 is 9.47 Å². The highest BCUT2D eigenvalue weighted by Gasteiger charge is 2.18. The van der Waals surface area contributed by atoms with E-state index in [9.17, 15) is 4.79 Å². The molecule has 1 aromatic rings. The molecule has 4 heteroatoms. The van der Waals surface area contributed by atoms with Crippen LogP contribution in [0.15, 0.2) is 24.8 Å². The van der Waals surface area contributed by atoms with Crippen LogP contribution in [0.5, 0.6) is 5.75 Å². The maximum atomic E-state index is 11.5. The number of hydrogen-bond donors (Lipinski definition) is 0. The Morgan fingerprint density at radius 2 is 2.00 bits per heavy atom. The molecule has 17 heavy (non-hydrogen) atoms. The number of benzene rings is 1. The minimum atomic E-state index is -0.700. The highest BCUT2D eigenvalue weighted by atomic mass is 127. The number of ether oxygens (including phenoxy) is 2. The quantitative estimate of drug-likeness (QED) is 0.456. The first-order valence-corrected chi connectivity index (χ1v) is 6.22. The molecule has 0 fully saturated rings. The van der Waals surface area contributed by atoms with Crippen molar-refractivity contribution in [2.75, 3.05) is 0 Å². The third-order valence-corrected chi connectivity index (χ3v) is 2.34. The summed E-state index contributed by atoms with van der Waals surface area (Å²) in [6, 6.07) is 5.44. The Balaban J connectivity index is 2.78. The summed E-state index contributed by atoms with van der Waals surface area (Å²) in [5, 5.41) is 0. The van der Waals surface area contributed by atoms with Gasteiger partial charge in [-0.3, -0.25) is 0 Å². The molecule has 0 aliphatic carbocycles. The van der Waals surface area contributed by atoms with Crippen LogP contribution in [0.25, 0.3) is 6.08 Å². The minimum Gasteiger partial charge on any atom is -0.428 e. The minimum absolute atomic E-state index is 0.459. The molecule has 0 amide bonds. The third-order valence-electron chi connectivity index (χ3n) is 1.72. The Kier molecular flexibility index (Phi) is 4.56. The first-order chi connectivity index (χ1) is 7.80. The van der Waals surface area contributed by atoms with E-state index in [1.165, 1.54) is 0 Å². The summed E-state index contributed by atoms with van der Waals surface area (Å²) in [6.45, 7) is 9.05. The molecule has 0 saturated heterocycles. The molecule has 0 heterocycles. The van der Waals surface area contributed by atoms with Gasteiger partial charge in [0.05, 0.1) is 0 Å². The molecule has 1 aromatic carbocycles. The number of rotatable bonds is 2. The summed E-state index contributed by atoms with van der Waals surface area (Å²) in [6.07, 6.45) is 0.999. The Morgan fingerprint density at radius 3 is 2.53 bits per heavy atom. The van der Waals surface area contributed by atoms with Gasteiger partial charge in [-0.05, 0) is 67.1 Å². The smallest absolute Gasteiger partial charge is 0.428 e. The molecule has 0 aliphatic rings. The van der Waals surface area contributed by atoms with Gasteiger partial charge in [-0.2, -0.15) is 0 Å². The topological polar surface area (TPSA) is 35.5 Å². The maximum absolute atomic E-state index is 11.5. The molecule has 1 rings (SSSR count). The van der Waals surface area contributed by atoms with Crippen LogP contribution in [0.1, 0.15) is 26.3 Å². The molecule has 0 saturated carbocycles. The second-order valence-electron chi connectivity index (χ2n) is 4.49. The van der Waals surface area contributed by atoms with Gasteiger partial charge in [0.25, 0.3) is 0 Å². The molecule has 92 valence electrons. The lowest BCUT2D eigenvalue weighted by atomic mass is 10.2. The number of hydrogen-bond acceptors (Lipinski definition) is 3. The zero-order valence-corrected chi connectivity index (χ0v) is 12.3. The van der Waals surface area contributed by atoms with Gasteiger partial charge in [-0.25, -0.2) is 4.79 Å². The fraction of sp³-hybridized carbons (Fsp3) is 0.308. The molecular formula is C13H15IO3. The van der Waals surface area contributed by atoms with E-state index in [1.54, 1.807) is 39.0 Å². The lowest BCUT2D eigenvalue weighted by Gasteiger charge is -2.18. The molecule has 0 spiro atoms. The second-order valence-corrected chi connectivity index (χ2v) is 5.74. The number of carbonyl (C=O) groups excluding carboxylic acids is 1. The largest absolute Gasteiger partial charge is 0.514 e. The Morgan fingerprint density at radius 1 is 1.35 bits per heavy atom. The van der Waals surface area contributed by atoms with Crippen LogP contribution in [0.4, 0.5) is 4.79 Å². The predicted octanol–water partition coefficient (Wildman–Crippen LogP) is 4.25. The van der Waals surface area contributed by atoms with Gasteiger partial charge in [-0.15, -0.1) is 0 Å². The van der Waals surface area contributed by atoms with Crippen molar-refractivity contribution in [3.05, 3.63) is 33.9 Å². The number of carbonyl (C=O) groups is 1. The lowest BCUT2D eigenvalue weighted by molar-refractivity contribution is 0.0206. The molecule has 0 bridgehead atoms. The summed E-state index contributed by atoms with van der Waals surface area (Å²) >= 11 is 2.15. The Labute approximate surface area is 115 Å². The monoisotopic (exact) mass is 346 g/mol. The van der Waals surface area contributed by atoms with Crippen LogP contribution >= 0.6 is 22.6 Å².